The van der Waals surface area contributed by atoms with Crippen LogP contribution in [0, 0.1) is 5.82 Å². The second kappa shape index (κ2) is 9.55. The van der Waals surface area contributed by atoms with Crippen LogP contribution in [-0.4, -0.2) is 31.1 Å². The molecule has 0 radical (unpaired) electrons. The van der Waals surface area contributed by atoms with E-state index >= 15 is 0 Å². The van der Waals surface area contributed by atoms with Crippen molar-refractivity contribution >= 4 is 5.91 Å². The third kappa shape index (κ3) is 5.10. The highest BCUT2D eigenvalue weighted by Gasteiger charge is 2.17. The number of carbonyl (C=O) groups is 1. The number of para-hydroxylation sites is 2. The van der Waals surface area contributed by atoms with E-state index in [4.69, 9.17) is 9.47 Å². The minimum atomic E-state index is -0.329. The monoisotopic (exact) mass is 379 g/mol. The van der Waals surface area contributed by atoms with Crippen LogP contribution in [0.1, 0.15) is 15.9 Å². The van der Waals surface area contributed by atoms with Crippen molar-refractivity contribution in [2.45, 2.75) is 6.54 Å². The summed E-state index contributed by atoms with van der Waals surface area (Å²) < 4.78 is 25.2. The first-order valence-electron chi connectivity index (χ1n) is 9.03. The second-order valence-electron chi connectivity index (χ2n) is 6.26. The zero-order valence-corrected chi connectivity index (χ0v) is 15.7. The van der Waals surface area contributed by atoms with Gasteiger partial charge in [-0.25, -0.2) is 4.39 Å². The number of carbonyl (C=O) groups excluding carboxylic acids is 1. The van der Waals surface area contributed by atoms with Crippen molar-refractivity contribution in [3.05, 3.63) is 95.8 Å². The SMILES string of the molecule is CN(Cc1ccccc1F)C(=O)c1ccccc1OCCOc1ccccc1. The van der Waals surface area contributed by atoms with Gasteiger partial charge in [-0.15, -0.1) is 0 Å². The van der Waals surface area contributed by atoms with E-state index in [-0.39, 0.29) is 18.3 Å². The summed E-state index contributed by atoms with van der Waals surface area (Å²) in [7, 11) is 1.64. The molecule has 0 atom stereocenters. The lowest BCUT2D eigenvalue weighted by molar-refractivity contribution is 0.0778. The highest BCUT2D eigenvalue weighted by molar-refractivity contribution is 5.96. The van der Waals surface area contributed by atoms with Crippen LogP contribution in [0.15, 0.2) is 78.9 Å². The van der Waals surface area contributed by atoms with Crippen molar-refractivity contribution in [1.29, 1.82) is 0 Å². The molecule has 0 aliphatic heterocycles. The molecule has 0 bridgehead atoms. The van der Waals surface area contributed by atoms with Gasteiger partial charge in [0.2, 0.25) is 0 Å². The molecule has 0 aliphatic rings. The summed E-state index contributed by atoms with van der Waals surface area (Å²) in [6.45, 7) is 0.838. The molecule has 0 aromatic heterocycles. The van der Waals surface area contributed by atoms with Gasteiger partial charge < -0.3 is 14.4 Å². The van der Waals surface area contributed by atoms with Gasteiger partial charge in [-0.05, 0) is 30.3 Å². The maximum Gasteiger partial charge on any atom is 0.257 e. The van der Waals surface area contributed by atoms with Crippen LogP contribution < -0.4 is 9.47 Å². The van der Waals surface area contributed by atoms with Gasteiger partial charge in [0.15, 0.2) is 0 Å². The average Bonchev–Trinajstić information content (AvgIpc) is 2.73. The van der Waals surface area contributed by atoms with Gasteiger partial charge >= 0.3 is 0 Å². The Morgan fingerprint density at radius 2 is 1.50 bits per heavy atom. The van der Waals surface area contributed by atoms with Crippen LogP contribution in [0.4, 0.5) is 4.39 Å². The van der Waals surface area contributed by atoms with Crippen molar-refractivity contribution in [3.63, 3.8) is 0 Å². The predicted octanol–water partition coefficient (Wildman–Crippen LogP) is 4.56. The first-order valence-corrected chi connectivity index (χ1v) is 9.03. The topological polar surface area (TPSA) is 38.8 Å². The molecule has 0 aliphatic carbocycles. The van der Waals surface area contributed by atoms with E-state index in [0.29, 0.717) is 30.1 Å². The third-order valence-corrected chi connectivity index (χ3v) is 4.18. The average molecular weight is 379 g/mol. The molecular formula is C23H22FNO3. The summed E-state index contributed by atoms with van der Waals surface area (Å²) in [5, 5.41) is 0. The van der Waals surface area contributed by atoms with Gasteiger partial charge in [0.1, 0.15) is 30.5 Å². The minimum absolute atomic E-state index is 0.178. The summed E-state index contributed by atoms with van der Waals surface area (Å²) in [6.07, 6.45) is 0. The van der Waals surface area contributed by atoms with Gasteiger partial charge in [-0.2, -0.15) is 0 Å². The smallest absolute Gasteiger partial charge is 0.257 e. The van der Waals surface area contributed by atoms with Crippen LogP contribution in [0.5, 0.6) is 11.5 Å². The summed E-state index contributed by atoms with van der Waals surface area (Å²) in [5.41, 5.74) is 0.897. The number of rotatable bonds is 8. The molecule has 144 valence electrons. The van der Waals surface area contributed by atoms with E-state index < -0.39 is 0 Å². The standard InChI is InChI=1S/C23H22FNO3/c1-25(17-18-9-5-7-13-21(18)24)23(26)20-12-6-8-14-22(20)28-16-15-27-19-10-3-2-4-11-19/h2-14H,15-17H2,1H3. The van der Waals surface area contributed by atoms with Gasteiger partial charge in [0.25, 0.3) is 5.91 Å². The molecule has 3 aromatic rings. The fourth-order valence-corrected chi connectivity index (χ4v) is 2.76. The third-order valence-electron chi connectivity index (χ3n) is 4.18. The number of benzene rings is 3. The molecule has 4 nitrogen and oxygen atoms in total. The maximum atomic E-state index is 13.9. The lowest BCUT2D eigenvalue weighted by Crippen LogP contribution is -2.27. The zero-order valence-electron chi connectivity index (χ0n) is 15.7. The van der Waals surface area contributed by atoms with Crippen molar-refractivity contribution < 1.29 is 18.7 Å². The molecule has 28 heavy (non-hydrogen) atoms. The minimum Gasteiger partial charge on any atom is -0.490 e. The quantitative estimate of drug-likeness (QED) is 0.539. The number of amides is 1. The van der Waals surface area contributed by atoms with Gasteiger partial charge in [-0.1, -0.05) is 48.5 Å². The first-order chi connectivity index (χ1) is 13.6. The van der Waals surface area contributed by atoms with Crippen LogP contribution in [0.2, 0.25) is 0 Å². The lowest BCUT2D eigenvalue weighted by atomic mass is 10.1. The maximum absolute atomic E-state index is 13.9. The summed E-state index contributed by atoms with van der Waals surface area (Å²) in [5.74, 6) is 0.678. The Hall–Kier alpha value is -3.34. The number of hydrogen-bond acceptors (Lipinski definition) is 3. The van der Waals surface area contributed by atoms with E-state index in [2.05, 4.69) is 0 Å². The summed E-state index contributed by atoms with van der Waals surface area (Å²) in [6, 6.07) is 22.9. The molecule has 0 N–H and O–H groups in total. The number of ether oxygens (including phenoxy) is 2. The highest BCUT2D eigenvalue weighted by Crippen LogP contribution is 2.21. The highest BCUT2D eigenvalue weighted by atomic mass is 19.1. The van der Waals surface area contributed by atoms with Crippen molar-refractivity contribution in [3.8, 4) is 11.5 Å². The van der Waals surface area contributed by atoms with E-state index in [9.17, 15) is 9.18 Å². The molecule has 0 fully saturated rings. The van der Waals surface area contributed by atoms with Gasteiger partial charge in [0.05, 0.1) is 5.56 Å². The summed E-state index contributed by atoms with van der Waals surface area (Å²) >= 11 is 0. The van der Waals surface area contributed by atoms with E-state index in [1.54, 1.807) is 49.5 Å². The fourth-order valence-electron chi connectivity index (χ4n) is 2.76. The molecule has 0 unspecified atom stereocenters. The normalized spacial score (nSPS) is 10.4. The number of hydrogen-bond donors (Lipinski definition) is 0. The first kappa shape index (κ1) is 19.4. The predicted molar refractivity (Wildman–Crippen MR) is 106 cm³/mol. The summed E-state index contributed by atoms with van der Waals surface area (Å²) in [4.78, 5) is 14.3. The Balaban J connectivity index is 1.60. The van der Waals surface area contributed by atoms with Crippen molar-refractivity contribution in [2.75, 3.05) is 20.3 Å². The van der Waals surface area contributed by atoms with Crippen LogP contribution in [0.25, 0.3) is 0 Å². The van der Waals surface area contributed by atoms with E-state index in [1.807, 2.05) is 30.3 Å². The van der Waals surface area contributed by atoms with Gasteiger partial charge in [-0.3, -0.25) is 4.79 Å². The molecule has 0 heterocycles. The van der Waals surface area contributed by atoms with Crippen LogP contribution in [-0.2, 0) is 6.54 Å². The Morgan fingerprint density at radius 1 is 0.857 bits per heavy atom. The van der Waals surface area contributed by atoms with Gasteiger partial charge in [0, 0.05) is 19.2 Å². The zero-order chi connectivity index (χ0) is 19.8. The molecule has 3 aromatic carbocycles. The number of nitrogens with zero attached hydrogens (tertiary/aromatic N) is 1. The molecule has 1 amide bonds. The molecule has 5 heteroatoms. The number of halogens is 1. The van der Waals surface area contributed by atoms with Crippen LogP contribution in [0.3, 0.4) is 0 Å². The molecule has 0 saturated heterocycles. The van der Waals surface area contributed by atoms with E-state index in [1.165, 1.54) is 11.0 Å². The van der Waals surface area contributed by atoms with Crippen LogP contribution >= 0.6 is 0 Å². The Bertz CT molecular complexity index is 914. The Kier molecular flexibility index (Phi) is 6.63. The molecule has 3 rings (SSSR count). The molecular weight excluding hydrogens is 357 g/mol. The second-order valence-corrected chi connectivity index (χ2v) is 6.26. The largest absolute Gasteiger partial charge is 0.490 e. The molecule has 0 spiro atoms. The Morgan fingerprint density at radius 3 is 2.29 bits per heavy atom. The van der Waals surface area contributed by atoms with E-state index in [0.717, 1.165) is 5.75 Å². The molecule has 0 saturated carbocycles. The fraction of sp³-hybridized carbons (Fsp3) is 0.174. The lowest BCUT2D eigenvalue weighted by Gasteiger charge is -2.19. The Labute approximate surface area is 164 Å². The van der Waals surface area contributed by atoms with Crippen molar-refractivity contribution in [1.82, 2.24) is 4.90 Å². The van der Waals surface area contributed by atoms with Crippen molar-refractivity contribution in [2.24, 2.45) is 0 Å².